The predicted octanol–water partition coefficient (Wildman–Crippen LogP) is 8.30. The number of allylic oxidation sites excluding steroid dienone is 2. The minimum absolute atomic E-state index is 0.0164. The Hall–Kier alpha value is -2.03. The molecule has 0 aromatic heterocycles. The number of carbonyl (C=O) groups is 1. The zero-order valence-corrected chi connectivity index (χ0v) is 23.5. The highest BCUT2D eigenvalue weighted by Gasteiger charge is 2.49. The molecule has 0 radical (unpaired) electrons. The van der Waals surface area contributed by atoms with Crippen LogP contribution in [0.3, 0.4) is 0 Å². The number of likely N-dealkylation sites (tertiary alicyclic amines) is 2. The summed E-state index contributed by atoms with van der Waals surface area (Å²) in [5.41, 5.74) is 3.79. The third-order valence-corrected chi connectivity index (χ3v) is 9.75. The van der Waals surface area contributed by atoms with Crippen LogP contribution in [0.1, 0.15) is 110 Å². The molecule has 1 amide bonds. The van der Waals surface area contributed by atoms with Crippen LogP contribution in [-0.4, -0.2) is 34.8 Å². The van der Waals surface area contributed by atoms with Crippen molar-refractivity contribution in [2.45, 2.75) is 110 Å². The highest BCUT2D eigenvalue weighted by Crippen LogP contribution is 2.50. The maximum Gasteiger partial charge on any atom is 0.226 e. The molecule has 0 unspecified atom stereocenters. The fraction of sp³-hybridized carbons (Fsp3) is 0.667. The summed E-state index contributed by atoms with van der Waals surface area (Å²) in [6.07, 6.45) is 15.1. The van der Waals surface area contributed by atoms with Gasteiger partial charge in [0.2, 0.25) is 5.91 Å². The molecule has 1 aromatic carbocycles. The van der Waals surface area contributed by atoms with Gasteiger partial charge < -0.3 is 9.80 Å². The summed E-state index contributed by atoms with van der Waals surface area (Å²) in [5, 5.41) is 0. The molecule has 2 saturated heterocycles. The number of carbonyl (C=O) groups excluding carboxylic acids is 1. The van der Waals surface area contributed by atoms with Gasteiger partial charge in [0, 0.05) is 42.4 Å². The number of hydrogen-bond donors (Lipinski definition) is 0. The molecule has 2 heterocycles. The molecule has 3 fully saturated rings. The molecule has 198 valence electrons. The van der Waals surface area contributed by atoms with Crippen molar-refractivity contribution in [3.05, 3.63) is 59.9 Å². The minimum Gasteiger partial charge on any atom is -0.352 e. The van der Waals surface area contributed by atoms with Crippen LogP contribution in [0.5, 0.6) is 0 Å². The second-order valence-corrected chi connectivity index (χ2v) is 12.0. The number of hydrogen-bond acceptors (Lipinski definition) is 2. The Bertz CT molecular complexity index is 911. The molecule has 2 aliphatic heterocycles. The molecule has 3 aliphatic rings. The van der Waals surface area contributed by atoms with Crippen molar-refractivity contribution >= 4 is 5.91 Å². The molecule has 3 nitrogen and oxygen atoms in total. The van der Waals surface area contributed by atoms with Crippen LogP contribution >= 0.6 is 0 Å². The molecule has 1 saturated carbocycles. The largest absolute Gasteiger partial charge is 0.352 e. The van der Waals surface area contributed by atoms with Gasteiger partial charge in [0.05, 0.1) is 0 Å². The molecule has 1 aromatic rings. The number of benzene rings is 1. The van der Waals surface area contributed by atoms with Crippen molar-refractivity contribution in [1.82, 2.24) is 9.80 Å². The first-order valence-corrected chi connectivity index (χ1v) is 14.9. The Balaban J connectivity index is 1.62. The van der Waals surface area contributed by atoms with Gasteiger partial charge in [0.15, 0.2) is 0 Å². The van der Waals surface area contributed by atoms with E-state index in [4.69, 9.17) is 0 Å². The van der Waals surface area contributed by atoms with Crippen LogP contribution in [0.2, 0.25) is 0 Å². The minimum atomic E-state index is -0.135. The van der Waals surface area contributed by atoms with Crippen molar-refractivity contribution < 1.29 is 4.79 Å². The SMILES string of the molecule is C=C1N(C=C(C)C)CCC[C@@]1(CC)[C@@H](CC)C(=O)N1CC[C@@H](c2ccccc2)C[C@H]1C1CCCCC1. The first-order chi connectivity index (χ1) is 17.4. The normalized spacial score (nSPS) is 28.6. The quantitative estimate of drug-likeness (QED) is 0.384. The summed E-state index contributed by atoms with van der Waals surface area (Å²) in [6, 6.07) is 11.4. The molecule has 3 heteroatoms. The average molecular weight is 491 g/mol. The van der Waals surface area contributed by atoms with Gasteiger partial charge in [-0.25, -0.2) is 0 Å². The van der Waals surface area contributed by atoms with E-state index in [1.165, 1.54) is 48.9 Å². The summed E-state index contributed by atoms with van der Waals surface area (Å²) in [4.78, 5) is 19.4. The number of piperidine rings is 2. The van der Waals surface area contributed by atoms with E-state index in [0.29, 0.717) is 23.8 Å². The Labute approximate surface area is 221 Å². The molecule has 4 rings (SSSR count). The van der Waals surface area contributed by atoms with Crippen LogP contribution in [0, 0.1) is 17.3 Å². The van der Waals surface area contributed by atoms with Gasteiger partial charge in [-0.1, -0.05) is 75.6 Å². The zero-order chi connectivity index (χ0) is 25.7. The molecular weight excluding hydrogens is 440 g/mol. The fourth-order valence-electron chi connectivity index (χ4n) is 7.85. The summed E-state index contributed by atoms with van der Waals surface area (Å²) in [7, 11) is 0. The van der Waals surface area contributed by atoms with E-state index in [2.05, 4.69) is 80.6 Å². The first kappa shape index (κ1) is 27.0. The van der Waals surface area contributed by atoms with Crippen molar-refractivity contribution in [2.75, 3.05) is 13.1 Å². The van der Waals surface area contributed by atoms with E-state index >= 15 is 0 Å². The number of nitrogens with zero attached hydrogens (tertiary/aromatic N) is 2. The lowest BCUT2D eigenvalue weighted by Crippen LogP contribution is -2.55. The average Bonchev–Trinajstić information content (AvgIpc) is 2.91. The Kier molecular flexibility index (Phi) is 9.01. The highest BCUT2D eigenvalue weighted by atomic mass is 16.2. The second-order valence-electron chi connectivity index (χ2n) is 12.0. The molecule has 36 heavy (non-hydrogen) atoms. The maximum atomic E-state index is 14.6. The van der Waals surface area contributed by atoms with Crippen LogP contribution in [0.4, 0.5) is 0 Å². The first-order valence-electron chi connectivity index (χ1n) is 14.9. The molecule has 0 bridgehead atoms. The molecular formula is C33H50N2O. The van der Waals surface area contributed by atoms with Crippen molar-refractivity contribution in [3.8, 4) is 0 Å². The second kappa shape index (κ2) is 12.0. The highest BCUT2D eigenvalue weighted by molar-refractivity contribution is 5.81. The Morgan fingerprint density at radius 1 is 1.06 bits per heavy atom. The van der Waals surface area contributed by atoms with E-state index in [-0.39, 0.29) is 11.3 Å². The van der Waals surface area contributed by atoms with E-state index in [0.717, 1.165) is 51.6 Å². The summed E-state index contributed by atoms with van der Waals surface area (Å²) in [5.74, 6) is 1.66. The maximum absolute atomic E-state index is 14.6. The third kappa shape index (κ3) is 5.46. The Morgan fingerprint density at radius 2 is 1.78 bits per heavy atom. The topological polar surface area (TPSA) is 23.6 Å². The smallest absolute Gasteiger partial charge is 0.226 e. The van der Waals surface area contributed by atoms with E-state index in [1.54, 1.807) is 0 Å². The molecule has 0 spiro atoms. The van der Waals surface area contributed by atoms with Crippen molar-refractivity contribution in [2.24, 2.45) is 17.3 Å². The number of rotatable bonds is 7. The van der Waals surface area contributed by atoms with Crippen molar-refractivity contribution in [3.63, 3.8) is 0 Å². The van der Waals surface area contributed by atoms with Crippen molar-refractivity contribution in [1.29, 1.82) is 0 Å². The lowest BCUT2D eigenvalue weighted by atomic mass is 9.64. The molecule has 4 atom stereocenters. The van der Waals surface area contributed by atoms with Gasteiger partial charge in [-0.15, -0.1) is 0 Å². The van der Waals surface area contributed by atoms with E-state index < -0.39 is 0 Å². The zero-order valence-electron chi connectivity index (χ0n) is 23.5. The summed E-state index contributed by atoms with van der Waals surface area (Å²) in [6.45, 7) is 15.4. The molecule has 0 N–H and O–H groups in total. The van der Waals surface area contributed by atoms with Gasteiger partial charge >= 0.3 is 0 Å². The van der Waals surface area contributed by atoms with E-state index in [9.17, 15) is 4.79 Å². The van der Waals surface area contributed by atoms with Gasteiger partial charge in [0.1, 0.15) is 0 Å². The fourth-order valence-corrected chi connectivity index (χ4v) is 7.85. The van der Waals surface area contributed by atoms with Crippen LogP contribution in [0.15, 0.2) is 54.4 Å². The van der Waals surface area contributed by atoms with Gasteiger partial charge in [-0.3, -0.25) is 4.79 Å². The van der Waals surface area contributed by atoms with Crippen LogP contribution in [0.25, 0.3) is 0 Å². The number of amides is 1. The van der Waals surface area contributed by atoms with Gasteiger partial charge in [0.25, 0.3) is 0 Å². The third-order valence-electron chi connectivity index (χ3n) is 9.75. The predicted molar refractivity (Wildman–Crippen MR) is 152 cm³/mol. The van der Waals surface area contributed by atoms with Gasteiger partial charge in [-0.2, -0.15) is 0 Å². The van der Waals surface area contributed by atoms with E-state index in [1.807, 2.05) is 0 Å². The monoisotopic (exact) mass is 490 g/mol. The summed E-state index contributed by atoms with van der Waals surface area (Å²) < 4.78 is 0. The van der Waals surface area contributed by atoms with Gasteiger partial charge in [-0.05, 0) is 82.6 Å². The lowest BCUT2D eigenvalue weighted by molar-refractivity contribution is -0.147. The Morgan fingerprint density at radius 3 is 2.42 bits per heavy atom. The standard InChI is InChI=1S/C33H50N2O/c1-6-30(33(7-2)20-14-21-34(26(33)5)24-25(3)4)32(36)35-22-19-29(27-15-10-8-11-16-27)23-31(35)28-17-12-9-13-18-28/h8,10-11,15-16,24,28-31H,5-7,9,12-14,17-23H2,1-4H3/t29-,30+,31+,33-/m1/s1. The van der Waals surface area contributed by atoms with Crippen LogP contribution in [-0.2, 0) is 4.79 Å². The van der Waals surface area contributed by atoms with Crippen LogP contribution < -0.4 is 0 Å². The summed E-state index contributed by atoms with van der Waals surface area (Å²) >= 11 is 0. The lowest BCUT2D eigenvalue weighted by Gasteiger charge is -2.51. The molecule has 1 aliphatic carbocycles.